The molecule has 0 radical (unpaired) electrons. The van der Waals surface area contributed by atoms with Crippen molar-refractivity contribution in [1.82, 2.24) is 10.6 Å². The zero-order valence-corrected chi connectivity index (χ0v) is 20.0. The third kappa shape index (κ3) is 5.42. The molecule has 37 heavy (non-hydrogen) atoms. The van der Waals surface area contributed by atoms with E-state index in [-0.39, 0.29) is 11.5 Å². The number of amides is 3. The topological polar surface area (TPSA) is 87.7 Å². The van der Waals surface area contributed by atoms with Gasteiger partial charge < -0.3 is 20.3 Å². The van der Waals surface area contributed by atoms with E-state index in [4.69, 9.17) is 4.74 Å². The minimum Gasteiger partial charge on any atom is -0.436 e. The summed E-state index contributed by atoms with van der Waals surface area (Å²) in [6.45, 7) is 0.866. The number of carbonyl (C=O) groups is 3. The third-order valence-electron chi connectivity index (χ3n) is 6.09. The van der Waals surface area contributed by atoms with Gasteiger partial charge in [0, 0.05) is 19.2 Å². The number of ether oxygens (including phenoxy) is 1. The quantitative estimate of drug-likeness (QED) is 0.514. The average Bonchev–Trinajstić information content (AvgIpc) is 2.97. The number of nitrogens with one attached hydrogen (secondary N) is 2. The van der Waals surface area contributed by atoms with Gasteiger partial charge in [0.15, 0.2) is 6.10 Å². The Bertz CT molecular complexity index is 1340. The van der Waals surface area contributed by atoms with Crippen LogP contribution in [0.5, 0.6) is 0 Å². The maximum atomic E-state index is 13.3. The fourth-order valence-electron chi connectivity index (χ4n) is 4.21. The van der Waals surface area contributed by atoms with Crippen LogP contribution in [0.1, 0.15) is 29.7 Å². The first-order valence-electron chi connectivity index (χ1n) is 11.4. The minimum absolute atomic E-state index is 0.146. The van der Waals surface area contributed by atoms with Gasteiger partial charge in [-0.3, -0.25) is 9.59 Å². The number of hydrogen-bond acceptors (Lipinski definition) is 4. The van der Waals surface area contributed by atoms with E-state index < -0.39 is 42.4 Å². The lowest BCUT2D eigenvalue weighted by atomic mass is 9.95. The van der Waals surface area contributed by atoms with Gasteiger partial charge in [-0.25, -0.2) is 4.79 Å². The second-order valence-electron chi connectivity index (χ2n) is 8.50. The van der Waals surface area contributed by atoms with Crippen LogP contribution in [0.25, 0.3) is 11.1 Å². The lowest BCUT2D eigenvalue weighted by molar-refractivity contribution is -0.138. The molecule has 3 aromatic carbocycles. The summed E-state index contributed by atoms with van der Waals surface area (Å²) in [6, 6.07) is 18.3. The van der Waals surface area contributed by atoms with Crippen molar-refractivity contribution in [2.24, 2.45) is 0 Å². The number of halogens is 3. The van der Waals surface area contributed by atoms with Crippen molar-refractivity contribution in [3.63, 3.8) is 0 Å². The summed E-state index contributed by atoms with van der Waals surface area (Å²) in [5, 5.41) is 4.89. The van der Waals surface area contributed by atoms with Crippen LogP contribution in [-0.2, 0) is 27.0 Å². The predicted molar refractivity (Wildman–Crippen MR) is 130 cm³/mol. The molecule has 0 fully saturated rings. The van der Waals surface area contributed by atoms with Crippen molar-refractivity contribution >= 4 is 23.6 Å². The number of alkyl carbamates (subject to hydrolysis) is 1. The van der Waals surface area contributed by atoms with E-state index in [0.717, 1.165) is 17.2 Å². The number of fused-ring (bicyclic) bond motifs is 3. The number of hydrogen-bond donors (Lipinski definition) is 2. The van der Waals surface area contributed by atoms with Crippen LogP contribution in [0, 0.1) is 0 Å². The maximum absolute atomic E-state index is 13.3. The van der Waals surface area contributed by atoms with E-state index in [0.29, 0.717) is 11.3 Å². The van der Waals surface area contributed by atoms with Crippen molar-refractivity contribution in [3.8, 4) is 11.1 Å². The number of carbonyl (C=O) groups excluding carboxylic acids is 3. The van der Waals surface area contributed by atoms with Crippen LogP contribution in [-0.4, -0.2) is 31.1 Å². The number of likely N-dealkylation sites (N-methyl/N-ethyl adjacent to an activating group) is 1. The van der Waals surface area contributed by atoms with Crippen LogP contribution in [0.15, 0.2) is 72.8 Å². The molecule has 0 bridgehead atoms. The maximum Gasteiger partial charge on any atom is 0.416 e. The lowest BCUT2D eigenvalue weighted by Gasteiger charge is -2.24. The summed E-state index contributed by atoms with van der Waals surface area (Å²) < 4.78 is 44.6. The smallest absolute Gasteiger partial charge is 0.416 e. The lowest BCUT2D eigenvalue weighted by Crippen LogP contribution is -2.45. The third-order valence-corrected chi connectivity index (χ3v) is 6.09. The molecule has 0 saturated heterocycles. The van der Waals surface area contributed by atoms with Gasteiger partial charge in [-0.05, 0) is 35.7 Å². The van der Waals surface area contributed by atoms with Crippen molar-refractivity contribution in [1.29, 1.82) is 0 Å². The molecule has 1 heterocycles. The van der Waals surface area contributed by atoms with Crippen LogP contribution >= 0.6 is 0 Å². The standard InChI is InChI=1S/C27H24F3N3O4/c1-16(37-26(36)31-15-17-9-3-7-13-21(17)27(28,29)30)24(34)32-23-20-12-5-4-10-18(20)19-11-6-8-14-22(19)33(2)25(23)35/h3-14,16,23H,15H2,1-2H3,(H,31,36)(H,32,34)/t16?,23-/m0/s1. The molecule has 192 valence electrons. The van der Waals surface area contributed by atoms with Gasteiger partial charge in [0.1, 0.15) is 6.04 Å². The van der Waals surface area contributed by atoms with Crippen LogP contribution in [0.3, 0.4) is 0 Å². The molecule has 1 aliphatic rings. The van der Waals surface area contributed by atoms with Crippen LogP contribution in [0.2, 0.25) is 0 Å². The highest BCUT2D eigenvalue weighted by molar-refractivity contribution is 6.06. The molecule has 2 N–H and O–H groups in total. The van der Waals surface area contributed by atoms with Crippen LogP contribution in [0.4, 0.5) is 23.7 Å². The second-order valence-corrected chi connectivity index (χ2v) is 8.50. The van der Waals surface area contributed by atoms with Gasteiger partial charge in [0.25, 0.3) is 11.8 Å². The zero-order valence-electron chi connectivity index (χ0n) is 20.0. The molecule has 3 amide bonds. The average molecular weight is 512 g/mol. The van der Waals surface area contributed by atoms with Gasteiger partial charge in [0.2, 0.25) is 0 Å². The highest BCUT2D eigenvalue weighted by Crippen LogP contribution is 2.39. The van der Waals surface area contributed by atoms with E-state index >= 15 is 0 Å². The first-order chi connectivity index (χ1) is 17.6. The fraction of sp³-hybridized carbons (Fsp3) is 0.222. The van der Waals surface area contributed by atoms with Crippen molar-refractivity contribution in [2.45, 2.75) is 31.8 Å². The van der Waals surface area contributed by atoms with E-state index in [2.05, 4.69) is 10.6 Å². The minimum atomic E-state index is -4.58. The normalized spacial score (nSPS) is 15.6. The van der Waals surface area contributed by atoms with Gasteiger partial charge in [0.05, 0.1) is 11.3 Å². The Morgan fingerprint density at radius 2 is 1.59 bits per heavy atom. The van der Waals surface area contributed by atoms with Gasteiger partial charge in [-0.2, -0.15) is 13.2 Å². The Hall–Kier alpha value is -4.34. The van der Waals surface area contributed by atoms with Crippen molar-refractivity contribution < 1.29 is 32.3 Å². The van der Waals surface area contributed by atoms with Crippen LogP contribution < -0.4 is 15.5 Å². The number of benzene rings is 3. The number of rotatable bonds is 5. The fourth-order valence-corrected chi connectivity index (χ4v) is 4.21. The summed E-state index contributed by atoms with van der Waals surface area (Å²) in [5.41, 5.74) is 1.84. The molecule has 4 rings (SSSR count). The number of anilines is 1. The highest BCUT2D eigenvalue weighted by atomic mass is 19.4. The predicted octanol–water partition coefficient (Wildman–Crippen LogP) is 4.82. The van der Waals surface area contributed by atoms with Crippen molar-refractivity contribution in [3.05, 3.63) is 89.5 Å². The molecule has 1 unspecified atom stereocenters. The molecule has 3 aromatic rings. The molecule has 10 heteroatoms. The largest absolute Gasteiger partial charge is 0.436 e. The zero-order chi connectivity index (χ0) is 26.7. The molecular formula is C27H24F3N3O4. The van der Waals surface area contributed by atoms with Gasteiger partial charge in [-0.15, -0.1) is 0 Å². The van der Waals surface area contributed by atoms with Gasteiger partial charge in [-0.1, -0.05) is 60.7 Å². The Kier molecular flexibility index (Phi) is 7.19. The molecular weight excluding hydrogens is 487 g/mol. The highest BCUT2D eigenvalue weighted by Gasteiger charge is 2.35. The summed E-state index contributed by atoms with van der Waals surface area (Å²) in [4.78, 5) is 39.9. The number of nitrogens with zero attached hydrogens (tertiary/aromatic N) is 1. The first-order valence-corrected chi connectivity index (χ1v) is 11.4. The molecule has 2 atom stereocenters. The molecule has 0 aromatic heterocycles. The molecule has 7 nitrogen and oxygen atoms in total. The Morgan fingerprint density at radius 1 is 0.973 bits per heavy atom. The Balaban J connectivity index is 1.45. The second kappa shape index (κ2) is 10.3. The Morgan fingerprint density at radius 3 is 2.32 bits per heavy atom. The van der Waals surface area contributed by atoms with E-state index in [1.54, 1.807) is 25.2 Å². The molecule has 0 aliphatic carbocycles. The summed E-state index contributed by atoms with van der Waals surface area (Å²) >= 11 is 0. The Labute approximate surface area is 211 Å². The first kappa shape index (κ1) is 25.7. The van der Waals surface area contributed by atoms with Gasteiger partial charge >= 0.3 is 12.3 Å². The number of alkyl halides is 3. The summed E-state index contributed by atoms with van der Waals surface area (Å²) in [7, 11) is 1.61. The van der Waals surface area contributed by atoms with E-state index in [1.165, 1.54) is 30.0 Å². The molecule has 0 saturated carbocycles. The monoisotopic (exact) mass is 511 g/mol. The molecule has 0 spiro atoms. The molecule has 1 aliphatic heterocycles. The van der Waals surface area contributed by atoms with E-state index in [1.807, 2.05) is 30.3 Å². The SMILES string of the molecule is CC(OC(=O)NCc1ccccc1C(F)(F)F)C(=O)N[C@@H]1C(=O)N(C)c2ccccc2-c2ccccc21. The van der Waals surface area contributed by atoms with E-state index in [9.17, 15) is 27.6 Å². The van der Waals surface area contributed by atoms with Crippen molar-refractivity contribution in [2.75, 3.05) is 11.9 Å². The number of para-hydroxylation sites is 1. The summed E-state index contributed by atoms with van der Waals surface area (Å²) in [6.07, 6.45) is -6.98. The summed E-state index contributed by atoms with van der Waals surface area (Å²) in [5.74, 6) is -1.12.